The minimum absolute atomic E-state index is 0.0181. The molecule has 37 heavy (non-hydrogen) atoms. The molecule has 0 radical (unpaired) electrons. The first-order valence-corrected chi connectivity index (χ1v) is 11.9. The van der Waals surface area contributed by atoms with Gasteiger partial charge in [-0.25, -0.2) is 4.79 Å². The van der Waals surface area contributed by atoms with E-state index in [4.69, 9.17) is 29.4 Å². The number of rotatable bonds is 9. The molecular weight excluding hydrogens is 472 g/mol. The van der Waals surface area contributed by atoms with Crippen molar-refractivity contribution < 1.29 is 28.5 Å². The Bertz CT molecular complexity index is 1380. The molecule has 0 saturated carbocycles. The van der Waals surface area contributed by atoms with Crippen LogP contribution in [0, 0.1) is 11.3 Å². The van der Waals surface area contributed by atoms with Gasteiger partial charge in [0.1, 0.15) is 34.5 Å². The molecule has 1 heterocycles. The second-order valence-corrected chi connectivity index (χ2v) is 8.33. The minimum Gasteiger partial charge on any atom is -0.496 e. The number of hydrogen-bond acceptors (Lipinski definition) is 8. The Morgan fingerprint density at radius 3 is 2.54 bits per heavy atom. The molecule has 1 aliphatic heterocycles. The molecule has 1 aliphatic rings. The molecule has 0 spiro atoms. The van der Waals surface area contributed by atoms with Crippen LogP contribution < -0.4 is 29.4 Å². The van der Waals surface area contributed by atoms with Crippen LogP contribution in [0.3, 0.4) is 0 Å². The maximum Gasteiger partial charge on any atom is 0.347 e. The van der Waals surface area contributed by atoms with Gasteiger partial charge >= 0.3 is 5.97 Å². The Labute approximate surface area is 215 Å². The number of benzene rings is 3. The molecule has 2 N–H and O–H groups in total. The fraction of sp³-hybridized carbons (Fsp3) is 0.241. The van der Waals surface area contributed by atoms with E-state index in [1.165, 1.54) is 7.11 Å². The number of nitriles is 1. The number of fused-ring (bicyclic) bond motifs is 1. The second-order valence-electron chi connectivity index (χ2n) is 8.33. The Morgan fingerprint density at radius 1 is 1.03 bits per heavy atom. The van der Waals surface area contributed by atoms with Crippen LogP contribution in [0.2, 0.25) is 0 Å². The maximum atomic E-state index is 12.8. The van der Waals surface area contributed by atoms with Crippen LogP contribution in [0.4, 0.5) is 0 Å². The lowest BCUT2D eigenvalue weighted by molar-refractivity contribution is 0.0731. The summed E-state index contributed by atoms with van der Waals surface area (Å²) >= 11 is 0. The zero-order chi connectivity index (χ0) is 26.4. The van der Waals surface area contributed by atoms with E-state index >= 15 is 0 Å². The summed E-state index contributed by atoms with van der Waals surface area (Å²) < 4.78 is 28.0. The van der Waals surface area contributed by atoms with Gasteiger partial charge in [0.15, 0.2) is 11.5 Å². The van der Waals surface area contributed by atoms with Crippen molar-refractivity contribution >= 4 is 5.97 Å². The zero-order valence-electron chi connectivity index (χ0n) is 20.9. The Morgan fingerprint density at radius 2 is 1.81 bits per heavy atom. The first-order valence-electron chi connectivity index (χ1n) is 11.9. The van der Waals surface area contributed by atoms with Gasteiger partial charge < -0.3 is 29.4 Å². The van der Waals surface area contributed by atoms with Gasteiger partial charge in [-0.15, -0.1) is 0 Å². The highest BCUT2D eigenvalue weighted by Crippen LogP contribution is 2.45. The maximum absolute atomic E-state index is 12.8. The van der Waals surface area contributed by atoms with Gasteiger partial charge in [-0.3, -0.25) is 0 Å². The monoisotopic (exact) mass is 500 g/mol. The van der Waals surface area contributed by atoms with E-state index in [1.54, 1.807) is 49.6 Å². The molecule has 0 aliphatic carbocycles. The molecule has 0 amide bonds. The normalized spacial score (nSPS) is 14.2. The van der Waals surface area contributed by atoms with Crippen LogP contribution in [-0.2, 0) is 0 Å². The van der Waals surface area contributed by atoms with Crippen molar-refractivity contribution in [2.45, 2.75) is 25.7 Å². The predicted molar refractivity (Wildman–Crippen MR) is 137 cm³/mol. The summed E-state index contributed by atoms with van der Waals surface area (Å²) in [7, 11) is 3.06. The van der Waals surface area contributed by atoms with Crippen molar-refractivity contribution in [2.24, 2.45) is 5.73 Å². The number of ether oxygens (including phenoxy) is 5. The average molecular weight is 501 g/mol. The van der Waals surface area contributed by atoms with E-state index < -0.39 is 11.9 Å². The first-order chi connectivity index (χ1) is 18.0. The van der Waals surface area contributed by atoms with Gasteiger partial charge in [0.2, 0.25) is 5.88 Å². The number of nitrogens with zero attached hydrogens (tertiary/aromatic N) is 1. The predicted octanol–water partition coefficient (Wildman–Crippen LogP) is 5.32. The quantitative estimate of drug-likeness (QED) is 0.239. The Kier molecular flexibility index (Phi) is 7.84. The number of hydrogen-bond donors (Lipinski definition) is 1. The van der Waals surface area contributed by atoms with Crippen molar-refractivity contribution in [1.82, 2.24) is 0 Å². The number of carbonyl (C=O) groups is 1. The van der Waals surface area contributed by atoms with E-state index in [0.717, 1.165) is 18.4 Å². The highest BCUT2D eigenvalue weighted by atomic mass is 16.5. The topological polar surface area (TPSA) is 113 Å². The van der Waals surface area contributed by atoms with E-state index in [9.17, 15) is 10.1 Å². The van der Waals surface area contributed by atoms with Crippen LogP contribution in [0.5, 0.6) is 28.7 Å². The number of esters is 1. The molecule has 0 saturated heterocycles. The standard InChI is InChI=1S/C29H28N2O6/c1-4-5-14-35-24-13-10-18(15-26(24)34-3)27-20-12-11-19(16-25(20)37-28(31)22(27)17-30)36-29(32)21-8-6-7-9-23(21)33-2/h6-13,15-16,27H,4-5,14,31H2,1-3H3. The molecule has 1 unspecified atom stereocenters. The summed E-state index contributed by atoms with van der Waals surface area (Å²) in [6.45, 7) is 2.68. The van der Waals surface area contributed by atoms with Crippen molar-refractivity contribution in [3.63, 3.8) is 0 Å². The molecule has 0 aromatic heterocycles. The summed E-state index contributed by atoms with van der Waals surface area (Å²) in [5, 5.41) is 9.89. The molecule has 3 aromatic rings. The minimum atomic E-state index is -0.575. The van der Waals surface area contributed by atoms with Gasteiger partial charge in [0.25, 0.3) is 0 Å². The first kappa shape index (κ1) is 25.5. The second kappa shape index (κ2) is 11.4. The molecule has 1 atom stereocenters. The number of carbonyl (C=O) groups excluding carboxylic acids is 1. The van der Waals surface area contributed by atoms with Crippen LogP contribution in [0.15, 0.2) is 72.1 Å². The third kappa shape index (κ3) is 5.31. The Balaban J connectivity index is 1.67. The fourth-order valence-electron chi connectivity index (χ4n) is 4.13. The fourth-order valence-corrected chi connectivity index (χ4v) is 4.13. The number of allylic oxidation sites excluding steroid dienone is 1. The van der Waals surface area contributed by atoms with Crippen molar-refractivity contribution in [1.29, 1.82) is 5.26 Å². The molecule has 190 valence electrons. The number of methoxy groups -OCH3 is 2. The average Bonchev–Trinajstić information content (AvgIpc) is 2.92. The molecule has 8 nitrogen and oxygen atoms in total. The third-order valence-electron chi connectivity index (χ3n) is 6.00. The van der Waals surface area contributed by atoms with Gasteiger partial charge in [-0.1, -0.05) is 37.6 Å². The van der Waals surface area contributed by atoms with E-state index in [1.807, 2.05) is 18.2 Å². The van der Waals surface area contributed by atoms with Crippen LogP contribution >= 0.6 is 0 Å². The third-order valence-corrected chi connectivity index (χ3v) is 6.00. The lowest BCUT2D eigenvalue weighted by atomic mass is 9.83. The molecule has 0 bridgehead atoms. The van der Waals surface area contributed by atoms with E-state index in [0.29, 0.717) is 40.7 Å². The molecule has 8 heteroatoms. The number of unbranched alkanes of at least 4 members (excludes halogenated alkanes) is 1. The van der Waals surface area contributed by atoms with Crippen LogP contribution in [0.25, 0.3) is 0 Å². The summed E-state index contributed by atoms with van der Waals surface area (Å²) in [4.78, 5) is 12.8. The van der Waals surface area contributed by atoms with Crippen molar-refractivity contribution in [3.8, 4) is 34.8 Å². The zero-order valence-corrected chi connectivity index (χ0v) is 20.9. The van der Waals surface area contributed by atoms with Gasteiger partial charge in [0.05, 0.1) is 26.7 Å². The Hall–Kier alpha value is -4.64. The highest BCUT2D eigenvalue weighted by molar-refractivity contribution is 5.94. The van der Waals surface area contributed by atoms with Gasteiger partial charge in [-0.2, -0.15) is 5.26 Å². The number of nitrogens with two attached hydrogens (primary N) is 1. The molecule has 0 fully saturated rings. The molecule has 4 rings (SSSR count). The van der Waals surface area contributed by atoms with Gasteiger partial charge in [0, 0.05) is 11.6 Å². The van der Waals surface area contributed by atoms with Crippen LogP contribution in [0.1, 0.15) is 47.2 Å². The van der Waals surface area contributed by atoms with Gasteiger partial charge in [-0.05, 0) is 42.3 Å². The number of para-hydroxylation sites is 1. The van der Waals surface area contributed by atoms with Crippen molar-refractivity contribution in [3.05, 3.63) is 88.8 Å². The SMILES string of the molecule is CCCCOc1ccc(C2C(C#N)=C(N)Oc3cc(OC(=O)c4ccccc4OC)ccc32)cc1OC. The highest BCUT2D eigenvalue weighted by Gasteiger charge is 2.32. The van der Waals surface area contributed by atoms with E-state index in [2.05, 4.69) is 13.0 Å². The lowest BCUT2D eigenvalue weighted by Crippen LogP contribution is -2.21. The molecule has 3 aromatic carbocycles. The largest absolute Gasteiger partial charge is 0.496 e. The lowest BCUT2D eigenvalue weighted by Gasteiger charge is -2.27. The summed E-state index contributed by atoms with van der Waals surface area (Å²) in [5.41, 5.74) is 8.19. The van der Waals surface area contributed by atoms with Crippen molar-refractivity contribution in [2.75, 3.05) is 20.8 Å². The van der Waals surface area contributed by atoms with Crippen LogP contribution in [-0.4, -0.2) is 26.8 Å². The molecular formula is C29H28N2O6. The summed E-state index contributed by atoms with van der Waals surface area (Å²) in [6.07, 6.45) is 1.95. The smallest absolute Gasteiger partial charge is 0.347 e. The summed E-state index contributed by atoms with van der Waals surface area (Å²) in [6, 6.07) is 19.5. The summed E-state index contributed by atoms with van der Waals surface area (Å²) in [5.74, 6) is 1.13. The van der Waals surface area contributed by atoms with E-state index in [-0.39, 0.29) is 17.2 Å².